The molecule has 0 bridgehead atoms. The number of carbonyl (C=O) groups is 1. The van der Waals surface area contributed by atoms with Crippen LogP contribution in [0.5, 0.6) is 0 Å². The lowest BCUT2D eigenvalue weighted by atomic mass is 10.1. The lowest BCUT2D eigenvalue weighted by Crippen LogP contribution is -2.25. The van der Waals surface area contributed by atoms with E-state index in [0.29, 0.717) is 19.0 Å². The molecule has 22 heavy (non-hydrogen) atoms. The Kier molecular flexibility index (Phi) is 3.14. The number of benzene rings is 1. The number of aromatic amines is 1. The number of hydrogen-bond donors (Lipinski definition) is 2. The van der Waals surface area contributed by atoms with Gasteiger partial charge in [-0.15, -0.1) is 0 Å². The minimum absolute atomic E-state index is 0.0158. The van der Waals surface area contributed by atoms with Crippen LogP contribution in [0.25, 0.3) is 10.9 Å². The molecule has 6 nitrogen and oxygen atoms in total. The number of amides is 1. The van der Waals surface area contributed by atoms with E-state index in [1.807, 2.05) is 36.8 Å². The zero-order chi connectivity index (χ0) is 14.9. The van der Waals surface area contributed by atoms with Gasteiger partial charge in [-0.25, -0.2) is 4.98 Å². The van der Waals surface area contributed by atoms with Gasteiger partial charge in [-0.1, -0.05) is 18.2 Å². The predicted octanol–water partition coefficient (Wildman–Crippen LogP) is 1.95. The SMILES string of the molecule is O=C(Cc1[nH]nc2ccccc12)NCc1cncn1C1CC1. The van der Waals surface area contributed by atoms with E-state index in [1.54, 1.807) is 0 Å². The topological polar surface area (TPSA) is 75.6 Å². The van der Waals surface area contributed by atoms with Gasteiger partial charge in [0.25, 0.3) is 0 Å². The second-order valence-electron chi connectivity index (χ2n) is 5.70. The van der Waals surface area contributed by atoms with Crippen molar-refractivity contribution < 1.29 is 4.79 Å². The van der Waals surface area contributed by atoms with Crippen LogP contribution in [0.4, 0.5) is 0 Å². The van der Waals surface area contributed by atoms with Crippen molar-refractivity contribution in [1.29, 1.82) is 0 Å². The predicted molar refractivity (Wildman–Crippen MR) is 82.1 cm³/mol. The highest BCUT2D eigenvalue weighted by Gasteiger charge is 2.25. The molecule has 0 aliphatic heterocycles. The summed E-state index contributed by atoms with van der Waals surface area (Å²) in [7, 11) is 0. The van der Waals surface area contributed by atoms with Gasteiger partial charge in [0.1, 0.15) is 0 Å². The number of imidazole rings is 1. The fraction of sp³-hybridized carbons (Fsp3) is 0.312. The molecule has 2 heterocycles. The fourth-order valence-electron chi connectivity index (χ4n) is 2.71. The third-order valence-electron chi connectivity index (χ3n) is 4.03. The highest BCUT2D eigenvalue weighted by molar-refractivity contribution is 5.87. The third-order valence-corrected chi connectivity index (χ3v) is 4.03. The maximum atomic E-state index is 12.2. The number of rotatable bonds is 5. The summed E-state index contributed by atoms with van der Waals surface area (Å²) < 4.78 is 2.16. The summed E-state index contributed by atoms with van der Waals surface area (Å²) in [5, 5.41) is 11.1. The Bertz CT molecular complexity index is 815. The van der Waals surface area contributed by atoms with Crippen molar-refractivity contribution in [3.05, 3.63) is 48.2 Å². The van der Waals surface area contributed by atoms with Gasteiger partial charge in [-0.2, -0.15) is 5.10 Å². The molecule has 3 aromatic rings. The highest BCUT2D eigenvalue weighted by atomic mass is 16.1. The van der Waals surface area contributed by atoms with Crippen LogP contribution in [0.15, 0.2) is 36.8 Å². The van der Waals surface area contributed by atoms with E-state index in [-0.39, 0.29) is 5.91 Å². The Labute approximate surface area is 127 Å². The molecule has 0 unspecified atom stereocenters. The maximum absolute atomic E-state index is 12.2. The molecule has 2 aromatic heterocycles. The lowest BCUT2D eigenvalue weighted by molar-refractivity contribution is -0.120. The van der Waals surface area contributed by atoms with Crippen molar-refractivity contribution in [2.75, 3.05) is 0 Å². The second-order valence-corrected chi connectivity index (χ2v) is 5.70. The summed E-state index contributed by atoms with van der Waals surface area (Å²) >= 11 is 0. The van der Waals surface area contributed by atoms with Crippen LogP contribution in [0.3, 0.4) is 0 Å². The van der Waals surface area contributed by atoms with Crippen LogP contribution >= 0.6 is 0 Å². The number of para-hydroxylation sites is 1. The van der Waals surface area contributed by atoms with Crippen LogP contribution in [0.1, 0.15) is 30.3 Å². The summed E-state index contributed by atoms with van der Waals surface area (Å²) in [4.78, 5) is 16.3. The molecular formula is C16H17N5O. The first-order chi connectivity index (χ1) is 10.8. The summed E-state index contributed by atoms with van der Waals surface area (Å²) in [5.74, 6) is -0.0158. The molecule has 0 radical (unpaired) electrons. The zero-order valence-corrected chi connectivity index (χ0v) is 12.1. The second kappa shape index (κ2) is 5.29. The van der Waals surface area contributed by atoms with E-state index in [1.165, 1.54) is 12.8 Å². The number of carbonyl (C=O) groups excluding carboxylic acids is 1. The largest absolute Gasteiger partial charge is 0.350 e. The summed E-state index contributed by atoms with van der Waals surface area (Å²) in [5.41, 5.74) is 2.80. The summed E-state index contributed by atoms with van der Waals surface area (Å²) in [6.45, 7) is 0.515. The van der Waals surface area contributed by atoms with Crippen LogP contribution in [-0.2, 0) is 17.8 Å². The first-order valence-electron chi connectivity index (χ1n) is 7.50. The van der Waals surface area contributed by atoms with Crippen LogP contribution in [0, 0.1) is 0 Å². The van der Waals surface area contributed by atoms with Crippen LogP contribution in [0.2, 0.25) is 0 Å². The van der Waals surface area contributed by atoms with Crippen molar-refractivity contribution in [3.8, 4) is 0 Å². The van der Waals surface area contributed by atoms with Crippen LogP contribution in [-0.4, -0.2) is 25.7 Å². The molecule has 6 heteroatoms. The number of hydrogen-bond acceptors (Lipinski definition) is 3. The highest BCUT2D eigenvalue weighted by Crippen LogP contribution is 2.35. The van der Waals surface area contributed by atoms with Crippen molar-refractivity contribution in [3.63, 3.8) is 0 Å². The molecule has 0 saturated heterocycles. The van der Waals surface area contributed by atoms with Gasteiger partial charge in [0.2, 0.25) is 5.91 Å². The molecule has 1 amide bonds. The van der Waals surface area contributed by atoms with Gasteiger partial charge >= 0.3 is 0 Å². The molecule has 0 atom stereocenters. The minimum Gasteiger partial charge on any atom is -0.350 e. The van der Waals surface area contributed by atoms with E-state index < -0.39 is 0 Å². The number of H-pyrrole nitrogens is 1. The Hall–Kier alpha value is -2.63. The van der Waals surface area contributed by atoms with Gasteiger partial charge in [-0.05, 0) is 18.9 Å². The van der Waals surface area contributed by atoms with Gasteiger partial charge in [-0.3, -0.25) is 9.89 Å². The first kappa shape index (κ1) is 13.1. The molecule has 0 spiro atoms. The molecule has 2 N–H and O–H groups in total. The Morgan fingerprint density at radius 3 is 3.09 bits per heavy atom. The minimum atomic E-state index is -0.0158. The third kappa shape index (κ3) is 2.47. The van der Waals surface area contributed by atoms with Gasteiger partial charge in [0.05, 0.1) is 36.2 Å². The van der Waals surface area contributed by atoms with E-state index in [9.17, 15) is 4.79 Å². The normalized spacial score (nSPS) is 14.4. The van der Waals surface area contributed by atoms with Gasteiger partial charge < -0.3 is 9.88 Å². The molecule has 1 aromatic carbocycles. The number of aromatic nitrogens is 4. The monoisotopic (exact) mass is 295 g/mol. The first-order valence-corrected chi connectivity index (χ1v) is 7.50. The van der Waals surface area contributed by atoms with Crippen molar-refractivity contribution in [2.45, 2.75) is 31.8 Å². The molecule has 1 fully saturated rings. The van der Waals surface area contributed by atoms with Crippen molar-refractivity contribution >= 4 is 16.8 Å². The van der Waals surface area contributed by atoms with Crippen molar-refractivity contribution in [1.82, 2.24) is 25.1 Å². The van der Waals surface area contributed by atoms with E-state index >= 15 is 0 Å². The number of nitrogens with one attached hydrogen (secondary N) is 2. The van der Waals surface area contributed by atoms with Gasteiger partial charge in [0, 0.05) is 17.6 Å². The Morgan fingerprint density at radius 1 is 1.36 bits per heavy atom. The van der Waals surface area contributed by atoms with Crippen molar-refractivity contribution in [2.24, 2.45) is 0 Å². The molecule has 112 valence electrons. The van der Waals surface area contributed by atoms with E-state index in [2.05, 4.69) is 25.1 Å². The standard InChI is InChI=1S/C16H17N5O/c22-16(7-15-13-3-1-2-4-14(13)19-20-15)18-9-12-8-17-10-21(12)11-5-6-11/h1-4,8,10-11H,5-7,9H2,(H,18,22)(H,19,20). The fourth-order valence-corrected chi connectivity index (χ4v) is 2.71. The van der Waals surface area contributed by atoms with E-state index in [0.717, 1.165) is 22.3 Å². The molecule has 4 rings (SSSR count). The lowest BCUT2D eigenvalue weighted by Gasteiger charge is -2.08. The average molecular weight is 295 g/mol. The smallest absolute Gasteiger partial charge is 0.226 e. The average Bonchev–Trinajstić information content (AvgIpc) is 3.14. The summed E-state index contributed by atoms with van der Waals surface area (Å²) in [6, 6.07) is 8.37. The molecular weight excluding hydrogens is 278 g/mol. The number of fused-ring (bicyclic) bond motifs is 1. The zero-order valence-electron chi connectivity index (χ0n) is 12.1. The van der Waals surface area contributed by atoms with Gasteiger partial charge in [0.15, 0.2) is 0 Å². The Morgan fingerprint density at radius 2 is 2.23 bits per heavy atom. The maximum Gasteiger partial charge on any atom is 0.226 e. The molecule has 1 saturated carbocycles. The molecule has 1 aliphatic rings. The Balaban J connectivity index is 1.41. The quantitative estimate of drug-likeness (QED) is 0.755. The summed E-state index contributed by atoms with van der Waals surface area (Å²) in [6.07, 6.45) is 6.39. The number of nitrogens with zero attached hydrogens (tertiary/aromatic N) is 3. The van der Waals surface area contributed by atoms with E-state index in [4.69, 9.17) is 0 Å². The van der Waals surface area contributed by atoms with Crippen LogP contribution < -0.4 is 5.32 Å². The molecule has 1 aliphatic carbocycles.